The highest BCUT2D eigenvalue weighted by Crippen LogP contribution is 2.23. The SMILES string of the molecule is CCNC(=NCc1ccc(C)cc1OCC1CCCO1)NCCC(=O)N1CCCC1. The van der Waals surface area contributed by atoms with Crippen LogP contribution in [-0.2, 0) is 16.1 Å². The monoisotopic (exact) mass is 416 g/mol. The predicted molar refractivity (Wildman–Crippen MR) is 119 cm³/mol. The van der Waals surface area contributed by atoms with Gasteiger partial charge in [-0.15, -0.1) is 0 Å². The molecule has 2 N–H and O–H groups in total. The molecule has 0 aromatic heterocycles. The smallest absolute Gasteiger partial charge is 0.224 e. The van der Waals surface area contributed by atoms with E-state index in [1.807, 2.05) is 11.8 Å². The van der Waals surface area contributed by atoms with Gasteiger partial charge in [0, 0.05) is 44.8 Å². The molecule has 3 rings (SSSR count). The van der Waals surface area contributed by atoms with E-state index in [4.69, 9.17) is 14.5 Å². The molecule has 1 aromatic carbocycles. The lowest BCUT2D eigenvalue weighted by molar-refractivity contribution is -0.129. The van der Waals surface area contributed by atoms with Crippen LogP contribution in [0.1, 0.15) is 50.2 Å². The highest BCUT2D eigenvalue weighted by Gasteiger charge is 2.18. The van der Waals surface area contributed by atoms with Gasteiger partial charge >= 0.3 is 0 Å². The first-order valence-electron chi connectivity index (χ1n) is 11.3. The Morgan fingerprint density at radius 1 is 1.27 bits per heavy atom. The lowest BCUT2D eigenvalue weighted by Gasteiger charge is -2.17. The van der Waals surface area contributed by atoms with Gasteiger partial charge < -0.3 is 25.0 Å². The Kier molecular flexibility index (Phi) is 8.81. The first kappa shape index (κ1) is 22.4. The summed E-state index contributed by atoms with van der Waals surface area (Å²) in [5.41, 5.74) is 2.21. The van der Waals surface area contributed by atoms with Crippen LogP contribution in [0.15, 0.2) is 23.2 Å². The quantitative estimate of drug-likeness (QED) is 0.478. The van der Waals surface area contributed by atoms with Crippen LogP contribution in [0.5, 0.6) is 5.75 Å². The second kappa shape index (κ2) is 11.8. The van der Waals surface area contributed by atoms with Gasteiger partial charge in [-0.1, -0.05) is 12.1 Å². The first-order valence-corrected chi connectivity index (χ1v) is 11.3. The van der Waals surface area contributed by atoms with Crippen LogP contribution in [-0.4, -0.2) is 62.3 Å². The zero-order chi connectivity index (χ0) is 21.2. The topological polar surface area (TPSA) is 75.2 Å². The van der Waals surface area contributed by atoms with E-state index in [0.717, 1.165) is 74.8 Å². The summed E-state index contributed by atoms with van der Waals surface area (Å²) in [6.45, 7) is 9.16. The summed E-state index contributed by atoms with van der Waals surface area (Å²) in [6.07, 6.45) is 5.09. The Hall–Kier alpha value is -2.28. The Morgan fingerprint density at radius 2 is 2.10 bits per heavy atom. The number of benzene rings is 1. The van der Waals surface area contributed by atoms with Crippen LogP contribution in [0, 0.1) is 6.92 Å². The molecule has 1 atom stereocenters. The molecule has 2 aliphatic rings. The molecule has 0 radical (unpaired) electrons. The molecule has 0 aliphatic carbocycles. The number of rotatable bonds is 9. The molecule has 2 fully saturated rings. The number of guanidine groups is 1. The average Bonchev–Trinajstić information content (AvgIpc) is 3.45. The fraction of sp³-hybridized carbons (Fsp3) is 0.652. The van der Waals surface area contributed by atoms with Crippen molar-refractivity contribution in [2.45, 2.75) is 58.6 Å². The van der Waals surface area contributed by atoms with Crippen LogP contribution in [0.4, 0.5) is 0 Å². The molecule has 0 bridgehead atoms. The average molecular weight is 417 g/mol. The molecular formula is C23H36N4O3. The summed E-state index contributed by atoms with van der Waals surface area (Å²) in [4.78, 5) is 18.9. The van der Waals surface area contributed by atoms with Crippen LogP contribution in [0.25, 0.3) is 0 Å². The number of carbonyl (C=O) groups excluding carboxylic acids is 1. The van der Waals surface area contributed by atoms with E-state index in [-0.39, 0.29) is 12.0 Å². The lowest BCUT2D eigenvalue weighted by Crippen LogP contribution is -2.39. The van der Waals surface area contributed by atoms with Gasteiger partial charge in [-0.05, 0) is 51.2 Å². The molecule has 7 nitrogen and oxygen atoms in total. The summed E-state index contributed by atoms with van der Waals surface area (Å²) >= 11 is 0. The fourth-order valence-corrected chi connectivity index (χ4v) is 3.80. The Morgan fingerprint density at radius 3 is 2.83 bits per heavy atom. The fourth-order valence-electron chi connectivity index (χ4n) is 3.80. The Balaban J connectivity index is 1.54. The largest absolute Gasteiger partial charge is 0.491 e. The summed E-state index contributed by atoms with van der Waals surface area (Å²) in [5.74, 6) is 1.81. The zero-order valence-corrected chi connectivity index (χ0v) is 18.4. The number of nitrogens with zero attached hydrogens (tertiary/aromatic N) is 2. The first-order chi connectivity index (χ1) is 14.7. The lowest BCUT2D eigenvalue weighted by atomic mass is 10.1. The van der Waals surface area contributed by atoms with E-state index in [1.54, 1.807) is 0 Å². The van der Waals surface area contributed by atoms with Gasteiger partial charge in [0.25, 0.3) is 0 Å². The molecule has 2 heterocycles. The molecular weight excluding hydrogens is 380 g/mol. The van der Waals surface area contributed by atoms with Crippen LogP contribution < -0.4 is 15.4 Å². The number of nitrogens with one attached hydrogen (secondary N) is 2. The standard InChI is InChI=1S/C23H36N4O3/c1-3-24-23(25-11-10-22(28)27-12-4-5-13-27)26-16-19-9-8-18(2)15-21(19)30-17-20-7-6-14-29-20/h8-9,15,20H,3-7,10-14,16-17H2,1-2H3,(H2,24,25,26). The van der Waals surface area contributed by atoms with E-state index in [1.165, 1.54) is 0 Å². The van der Waals surface area contributed by atoms with Crippen molar-refractivity contribution in [3.63, 3.8) is 0 Å². The van der Waals surface area contributed by atoms with E-state index in [9.17, 15) is 4.79 Å². The number of aliphatic imine (C=N–C) groups is 1. The number of hydrogen-bond acceptors (Lipinski definition) is 4. The Bertz CT molecular complexity index is 710. The minimum absolute atomic E-state index is 0.189. The molecule has 7 heteroatoms. The van der Waals surface area contributed by atoms with Gasteiger partial charge in [-0.2, -0.15) is 0 Å². The van der Waals surface area contributed by atoms with E-state index >= 15 is 0 Å². The third-order valence-corrected chi connectivity index (χ3v) is 5.51. The van der Waals surface area contributed by atoms with Crippen molar-refractivity contribution in [3.05, 3.63) is 29.3 Å². The molecule has 2 saturated heterocycles. The van der Waals surface area contributed by atoms with E-state index in [0.29, 0.717) is 26.1 Å². The number of ether oxygens (including phenoxy) is 2. The maximum Gasteiger partial charge on any atom is 0.224 e. The van der Waals surface area contributed by atoms with Gasteiger partial charge in [0.2, 0.25) is 5.91 Å². The minimum atomic E-state index is 0.189. The van der Waals surface area contributed by atoms with Crippen molar-refractivity contribution in [2.75, 3.05) is 39.4 Å². The van der Waals surface area contributed by atoms with Crippen molar-refractivity contribution in [3.8, 4) is 5.75 Å². The second-order valence-electron chi connectivity index (χ2n) is 8.02. The van der Waals surface area contributed by atoms with Gasteiger partial charge in [-0.3, -0.25) is 4.79 Å². The minimum Gasteiger partial charge on any atom is -0.491 e. The number of amides is 1. The van der Waals surface area contributed by atoms with Crippen molar-refractivity contribution < 1.29 is 14.3 Å². The molecule has 30 heavy (non-hydrogen) atoms. The van der Waals surface area contributed by atoms with Crippen LogP contribution in [0.2, 0.25) is 0 Å². The second-order valence-corrected chi connectivity index (χ2v) is 8.02. The molecule has 1 unspecified atom stereocenters. The summed E-state index contributed by atoms with van der Waals surface area (Å²) in [7, 11) is 0. The maximum atomic E-state index is 12.2. The van der Waals surface area contributed by atoms with E-state index in [2.05, 4.69) is 35.8 Å². The zero-order valence-electron chi connectivity index (χ0n) is 18.4. The van der Waals surface area contributed by atoms with Crippen molar-refractivity contribution in [1.82, 2.24) is 15.5 Å². The van der Waals surface area contributed by atoms with Gasteiger partial charge in [0.1, 0.15) is 12.4 Å². The van der Waals surface area contributed by atoms with Crippen LogP contribution >= 0.6 is 0 Å². The summed E-state index contributed by atoms with van der Waals surface area (Å²) in [6, 6.07) is 6.22. The normalized spacial score (nSPS) is 19.2. The van der Waals surface area contributed by atoms with E-state index < -0.39 is 0 Å². The Labute approximate surface area is 180 Å². The van der Waals surface area contributed by atoms with Gasteiger partial charge in [0.05, 0.1) is 12.6 Å². The molecule has 166 valence electrons. The summed E-state index contributed by atoms with van der Waals surface area (Å²) < 4.78 is 11.8. The highest BCUT2D eigenvalue weighted by molar-refractivity contribution is 5.81. The maximum absolute atomic E-state index is 12.2. The molecule has 1 amide bonds. The number of aryl methyl sites for hydroxylation is 1. The third-order valence-electron chi connectivity index (χ3n) is 5.51. The molecule has 0 saturated carbocycles. The highest BCUT2D eigenvalue weighted by atomic mass is 16.5. The van der Waals surface area contributed by atoms with Crippen molar-refractivity contribution in [1.29, 1.82) is 0 Å². The number of carbonyl (C=O) groups is 1. The number of hydrogen-bond donors (Lipinski definition) is 2. The molecule has 1 aromatic rings. The molecule has 0 spiro atoms. The van der Waals surface area contributed by atoms with Gasteiger partial charge in [0.15, 0.2) is 5.96 Å². The van der Waals surface area contributed by atoms with Crippen LogP contribution in [0.3, 0.4) is 0 Å². The van der Waals surface area contributed by atoms with Gasteiger partial charge in [-0.25, -0.2) is 4.99 Å². The third kappa shape index (κ3) is 6.90. The molecule has 2 aliphatic heterocycles. The predicted octanol–water partition coefficient (Wildman–Crippen LogP) is 2.62. The summed E-state index contributed by atoms with van der Waals surface area (Å²) in [5, 5.41) is 6.54. The van der Waals surface area contributed by atoms with Crippen molar-refractivity contribution >= 4 is 11.9 Å². The van der Waals surface area contributed by atoms with Crippen molar-refractivity contribution in [2.24, 2.45) is 4.99 Å². The number of likely N-dealkylation sites (tertiary alicyclic amines) is 1.